The number of rotatable bonds is 5. The summed E-state index contributed by atoms with van der Waals surface area (Å²) in [6.45, 7) is -0.226. The molecule has 2 aliphatic rings. The molecule has 1 aromatic carbocycles. The van der Waals surface area contributed by atoms with Gasteiger partial charge in [-0.25, -0.2) is 9.18 Å². The van der Waals surface area contributed by atoms with Gasteiger partial charge in [0.15, 0.2) is 0 Å². The molecule has 6 nitrogen and oxygen atoms in total. The lowest BCUT2D eigenvalue weighted by Gasteiger charge is -2.19. The summed E-state index contributed by atoms with van der Waals surface area (Å²) < 4.78 is 19.3. The Labute approximate surface area is 152 Å². The Balaban J connectivity index is 1.50. The predicted octanol–water partition coefficient (Wildman–Crippen LogP) is 2.89. The average molecular weight is 413 g/mol. The lowest BCUT2D eigenvalue weighted by atomic mass is 9.98. The number of ether oxygens (including phenoxy) is 1. The molecule has 1 aliphatic carbocycles. The molecule has 1 aromatic rings. The first-order valence-electron chi connectivity index (χ1n) is 8.15. The van der Waals surface area contributed by atoms with Crippen LogP contribution in [0.15, 0.2) is 22.7 Å². The molecule has 0 unspecified atom stereocenters. The second-order valence-electron chi connectivity index (χ2n) is 6.32. The minimum absolute atomic E-state index is 0.0337. The molecular formula is C17H18BrFN2O4. The van der Waals surface area contributed by atoms with Crippen LogP contribution in [-0.2, 0) is 20.9 Å². The highest BCUT2D eigenvalue weighted by Gasteiger charge is 2.52. The lowest BCUT2D eigenvalue weighted by molar-refractivity contribution is -0.145. The third-order valence-electron chi connectivity index (χ3n) is 4.65. The van der Waals surface area contributed by atoms with E-state index in [0.29, 0.717) is 17.3 Å². The van der Waals surface area contributed by atoms with Crippen molar-refractivity contribution >= 4 is 33.8 Å². The van der Waals surface area contributed by atoms with Crippen molar-refractivity contribution in [1.29, 1.82) is 0 Å². The largest absolute Gasteiger partial charge is 0.461 e. The Hall–Kier alpha value is -1.96. The molecule has 0 radical (unpaired) electrons. The molecule has 25 heavy (non-hydrogen) atoms. The number of carbonyl (C=O) groups is 3. The van der Waals surface area contributed by atoms with E-state index in [1.807, 2.05) is 0 Å². The monoisotopic (exact) mass is 412 g/mol. The molecule has 134 valence electrons. The molecular weight excluding hydrogens is 395 g/mol. The van der Waals surface area contributed by atoms with Gasteiger partial charge in [0, 0.05) is 16.6 Å². The first-order valence-corrected chi connectivity index (χ1v) is 8.94. The standard InChI is InChI=1S/C17H18BrFN2O4/c18-12-4-3-11(13(19)9-12)10-25-14(22)5-8-21-15(23)17(20-16(21)24)6-1-2-7-17/h3-4,9H,1-2,5-8,10H2,(H,20,24). The topological polar surface area (TPSA) is 75.7 Å². The van der Waals surface area contributed by atoms with Crippen molar-refractivity contribution in [2.45, 2.75) is 44.2 Å². The van der Waals surface area contributed by atoms with Crippen LogP contribution >= 0.6 is 15.9 Å². The third kappa shape index (κ3) is 3.68. The van der Waals surface area contributed by atoms with Crippen LogP contribution in [0, 0.1) is 5.82 Å². The number of halogens is 2. The van der Waals surface area contributed by atoms with Crippen molar-refractivity contribution < 1.29 is 23.5 Å². The molecule has 1 heterocycles. The minimum atomic E-state index is -0.776. The second kappa shape index (κ2) is 7.11. The van der Waals surface area contributed by atoms with Crippen molar-refractivity contribution in [3.63, 3.8) is 0 Å². The Bertz CT molecular complexity index is 719. The molecule has 1 spiro atoms. The molecule has 0 bridgehead atoms. The highest BCUT2D eigenvalue weighted by Crippen LogP contribution is 2.35. The number of nitrogens with zero attached hydrogens (tertiary/aromatic N) is 1. The zero-order valence-corrected chi connectivity index (χ0v) is 15.1. The first kappa shape index (κ1) is 17.8. The van der Waals surface area contributed by atoms with Crippen LogP contribution in [0.2, 0.25) is 0 Å². The Morgan fingerprint density at radius 2 is 2.04 bits per heavy atom. The number of benzene rings is 1. The Kier molecular flexibility index (Phi) is 5.08. The summed E-state index contributed by atoms with van der Waals surface area (Å²) in [4.78, 5) is 37.4. The first-order chi connectivity index (χ1) is 11.9. The van der Waals surface area contributed by atoms with E-state index in [1.165, 1.54) is 12.1 Å². The maximum atomic E-state index is 13.7. The van der Waals surface area contributed by atoms with Crippen molar-refractivity contribution in [3.8, 4) is 0 Å². The highest BCUT2D eigenvalue weighted by molar-refractivity contribution is 9.10. The number of amides is 3. The smallest absolute Gasteiger partial charge is 0.325 e. The van der Waals surface area contributed by atoms with Crippen LogP contribution in [0.25, 0.3) is 0 Å². The number of carbonyl (C=O) groups excluding carboxylic acids is 3. The van der Waals surface area contributed by atoms with Crippen LogP contribution in [0.4, 0.5) is 9.18 Å². The van der Waals surface area contributed by atoms with Crippen molar-refractivity contribution in [3.05, 3.63) is 34.1 Å². The molecule has 0 aromatic heterocycles. The summed E-state index contributed by atoms with van der Waals surface area (Å²) >= 11 is 3.15. The zero-order valence-electron chi connectivity index (χ0n) is 13.5. The normalized spacial score (nSPS) is 18.7. The summed E-state index contributed by atoms with van der Waals surface area (Å²) in [6, 6.07) is 4.00. The van der Waals surface area contributed by atoms with Gasteiger partial charge >= 0.3 is 12.0 Å². The molecule has 8 heteroatoms. The molecule has 1 N–H and O–H groups in total. The third-order valence-corrected chi connectivity index (χ3v) is 5.14. The van der Waals surface area contributed by atoms with Gasteiger partial charge in [0.25, 0.3) is 5.91 Å². The van der Waals surface area contributed by atoms with Gasteiger partial charge < -0.3 is 10.1 Å². The van der Waals surface area contributed by atoms with Gasteiger partial charge in [0.2, 0.25) is 0 Å². The summed E-state index contributed by atoms with van der Waals surface area (Å²) in [5.74, 6) is -1.32. The van der Waals surface area contributed by atoms with Gasteiger partial charge in [-0.3, -0.25) is 14.5 Å². The summed E-state index contributed by atoms with van der Waals surface area (Å²) in [5, 5.41) is 2.75. The number of hydrogen-bond donors (Lipinski definition) is 1. The van der Waals surface area contributed by atoms with Crippen LogP contribution in [0.1, 0.15) is 37.7 Å². The van der Waals surface area contributed by atoms with Crippen molar-refractivity contribution in [2.75, 3.05) is 6.54 Å². The summed E-state index contributed by atoms with van der Waals surface area (Å²) in [6.07, 6.45) is 2.97. The maximum Gasteiger partial charge on any atom is 0.325 e. The van der Waals surface area contributed by atoms with Crippen LogP contribution in [-0.4, -0.2) is 34.9 Å². The molecule has 1 aliphatic heterocycles. The SMILES string of the molecule is O=C(CCN1C(=O)NC2(CCCC2)C1=O)OCc1ccc(Br)cc1F. The van der Waals surface area contributed by atoms with Crippen LogP contribution in [0.3, 0.4) is 0 Å². The fourth-order valence-electron chi connectivity index (χ4n) is 3.27. The second-order valence-corrected chi connectivity index (χ2v) is 7.24. The van der Waals surface area contributed by atoms with Crippen molar-refractivity contribution in [1.82, 2.24) is 10.2 Å². The number of urea groups is 1. The Morgan fingerprint density at radius 3 is 2.72 bits per heavy atom. The number of nitrogens with one attached hydrogen (secondary N) is 1. The van der Waals surface area contributed by atoms with Crippen molar-refractivity contribution in [2.24, 2.45) is 0 Å². The molecule has 3 rings (SSSR count). The summed E-state index contributed by atoms with van der Waals surface area (Å²) in [5.41, 5.74) is -0.516. The predicted molar refractivity (Wildman–Crippen MR) is 90.0 cm³/mol. The van der Waals surface area contributed by atoms with E-state index in [0.717, 1.165) is 17.7 Å². The highest BCUT2D eigenvalue weighted by atomic mass is 79.9. The fourth-order valence-corrected chi connectivity index (χ4v) is 3.60. The van der Waals surface area contributed by atoms with Gasteiger partial charge in [-0.1, -0.05) is 34.8 Å². The minimum Gasteiger partial charge on any atom is -0.461 e. The maximum absolute atomic E-state index is 13.7. The number of hydrogen-bond acceptors (Lipinski definition) is 4. The van der Waals surface area contributed by atoms with E-state index in [9.17, 15) is 18.8 Å². The van der Waals surface area contributed by atoms with Gasteiger partial charge in [0.05, 0.1) is 6.42 Å². The number of esters is 1. The average Bonchev–Trinajstić information content (AvgIpc) is 3.11. The zero-order chi connectivity index (χ0) is 18.0. The van der Waals surface area contributed by atoms with Gasteiger partial charge in [0.1, 0.15) is 18.0 Å². The number of imide groups is 1. The van der Waals surface area contributed by atoms with E-state index >= 15 is 0 Å². The van der Waals surface area contributed by atoms with E-state index in [2.05, 4.69) is 21.2 Å². The molecule has 2 fully saturated rings. The molecule has 3 amide bonds. The fraction of sp³-hybridized carbons (Fsp3) is 0.471. The Morgan fingerprint density at radius 1 is 1.32 bits per heavy atom. The van der Waals surface area contributed by atoms with E-state index in [-0.39, 0.29) is 31.0 Å². The van der Waals surface area contributed by atoms with E-state index < -0.39 is 23.4 Å². The van der Waals surface area contributed by atoms with Gasteiger partial charge in [-0.15, -0.1) is 0 Å². The lowest BCUT2D eigenvalue weighted by Crippen LogP contribution is -2.44. The van der Waals surface area contributed by atoms with Crippen LogP contribution < -0.4 is 5.32 Å². The van der Waals surface area contributed by atoms with Gasteiger partial charge in [-0.05, 0) is 25.0 Å². The summed E-state index contributed by atoms with van der Waals surface area (Å²) in [7, 11) is 0. The van der Waals surface area contributed by atoms with E-state index in [1.54, 1.807) is 6.07 Å². The molecule has 1 saturated carbocycles. The quantitative estimate of drug-likeness (QED) is 0.595. The molecule has 0 atom stereocenters. The van der Waals surface area contributed by atoms with E-state index in [4.69, 9.17) is 4.74 Å². The molecule has 1 saturated heterocycles. The van der Waals surface area contributed by atoms with Gasteiger partial charge in [-0.2, -0.15) is 0 Å². The van der Waals surface area contributed by atoms with Crippen LogP contribution in [0.5, 0.6) is 0 Å².